The molecule has 0 spiro atoms. The van der Waals surface area contributed by atoms with Gasteiger partial charge in [0.2, 0.25) is 0 Å². The average molecular weight is 261 g/mol. The summed E-state index contributed by atoms with van der Waals surface area (Å²) in [6.07, 6.45) is 3.38. The zero-order valence-electron chi connectivity index (χ0n) is 10.9. The van der Waals surface area contributed by atoms with Gasteiger partial charge in [0.1, 0.15) is 10.5 Å². The zero-order chi connectivity index (χ0) is 11.9. The SMILES string of the molecule is CCC1(COCCC[Si](C)CO[SiH3])COC1. The van der Waals surface area contributed by atoms with Crippen LogP contribution >= 0.6 is 0 Å². The fourth-order valence-electron chi connectivity index (χ4n) is 1.86. The Kier molecular flexibility index (Phi) is 6.83. The van der Waals surface area contributed by atoms with Crippen LogP contribution in [0.4, 0.5) is 0 Å². The summed E-state index contributed by atoms with van der Waals surface area (Å²) in [5, 5.41) is 0. The van der Waals surface area contributed by atoms with Gasteiger partial charge in [0.25, 0.3) is 0 Å². The monoisotopic (exact) mass is 261 g/mol. The lowest BCUT2D eigenvalue weighted by Gasteiger charge is -2.40. The van der Waals surface area contributed by atoms with Gasteiger partial charge >= 0.3 is 0 Å². The second-order valence-electron chi connectivity index (χ2n) is 4.89. The molecule has 16 heavy (non-hydrogen) atoms. The molecular weight excluding hydrogens is 236 g/mol. The predicted octanol–water partition coefficient (Wildman–Crippen LogP) is 0.780. The minimum atomic E-state index is -0.245. The Morgan fingerprint density at radius 1 is 1.44 bits per heavy atom. The van der Waals surface area contributed by atoms with Crippen LogP contribution in [0.3, 0.4) is 0 Å². The molecule has 3 nitrogen and oxygen atoms in total. The molecule has 0 amide bonds. The Morgan fingerprint density at radius 2 is 2.19 bits per heavy atom. The van der Waals surface area contributed by atoms with Crippen molar-refractivity contribution in [3.8, 4) is 0 Å². The molecule has 0 aromatic carbocycles. The molecule has 1 aliphatic heterocycles. The van der Waals surface area contributed by atoms with Crippen LogP contribution in [0.2, 0.25) is 12.6 Å². The molecule has 1 heterocycles. The molecule has 1 saturated heterocycles. The summed E-state index contributed by atoms with van der Waals surface area (Å²) in [6, 6.07) is 1.31. The summed E-state index contributed by atoms with van der Waals surface area (Å²) in [7, 11) is 0.634. The highest BCUT2D eigenvalue weighted by atomic mass is 28.3. The molecule has 0 atom stereocenters. The maximum absolute atomic E-state index is 5.76. The lowest BCUT2D eigenvalue weighted by molar-refractivity contribution is -0.150. The van der Waals surface area contributed by atoms with Crippen molar-refractivity contribution in [2.45, 2.75) is 32.4 Å². The van der Waals surface area contributed by atoms with E-state index in [1.165, 1.54) is 18.9 Å². The molecule has 1 radical (unpaired) electrons. The number of rotatable bonds is 9. The van der Waals surface area contributed by atoms with Crippen molar-refractivity contribution in [2.24, 2.45) is 5.41 Å². The Hall–Kier alpha value is 0.314. The summed E-state index contributed by atoms with van der Waals surface area (Å²) < 4.78 is 16.3. The van der Waals surface area contributed by atoms with E-state index in [4.69, 9.17) is 13.9 Å². The van der Waals surface area contributed by atoms with E-state index in [0.717, 1.165) is 43.1 Å². The molecule has 5 heteroatoms. The number of hydrogen-bond acceptors (Lipinski definition) is 3. The smallest absolute Gasteiger partial charge is 0.145 e. The molecule has 0 bridgehead atoms. The lowest BCUT2D eigenvalue weighted by atomic mass is 9.84. The summed E-state index contributed by atoms with van der Waals surface area (Å²) in [5.74, 6) is 0. The second kappa shape index (κ2) is 7.60. The highest BCUT2D eigenvalue weighted by Crippen LogP contribution is 2.31. The number of ether oxygens (including phenoxy) is 2. The van der Waals surface area contributed by atoms with Gasteiger partial charge in [0, 0.05) is 18.3 Å². The van der Waals surface area contributed by atoms with Gasteiger partial charge in [0.15, 0.2) is 0 Å². The van der Waals surface area contributed by atoms with Gasteiger partial charge in [-0.25, -0.2) is 0 Å². The van der Waals surface area contributed by atoms with Gasteiger partial charge in [-0.15, -0.1) is 0 Å². The molecule has 0 N–H and O–H groups in total. The first-order chi connectivity index (χ1) is 7.72. The minimum Gasteiger partial charge on any atom is -0.431 e. The Labute approximate surface area is 104 Å². The molecule has 0 aromatic rings. The lowest BCUT2D eigenvalue weighted by Crippen LogP contribution is -2.45. The third kappa shape index (κ3) is 4.67. The fourth-order valence-corrected chi connectivity index (χ4v) is 4.73. The standard InChI is InChI=1S/C11H25O3Si2/c1-3-11(8-13-9-11)7-12-5-4-6-16(2)10-14-15/h3-10H2,1-2,15H3. The van der Waals surface area contributed by atoms with Crippen LogP contribution in [0, 0.1) is 5.41 Å². The minimum absolute atomic E-state index is 0.245. The third-order valence-corrected chi connectivity index (χ3v) is 6.11. The van der Waals surface area contributed by atoms with Crippen molar-refractivity contribution in [2.75, 3.05) is 32.7 Å². The molecule has 0 aliphatic carbocycles. The normalized spacial score (nSPS) is 18.9. The van der Waals surface area contributed by atoms with Crippen LogP contribution in [0.25, 0.3) is 0 Å². The van der Waals surface area contributed by atoms with Crippen molar-refractivity contribution in [1.82, 2.24) is 0 Å². The first-order valence-corrected chi connectivity index (χ1v) is 9.41. The first kappa shape index (κ1) is 14.4. The van der Waals surface area contributed by atoms with Crippen molar-refractivity contribution in [1.29, 1.82) is 0 Å². The average Bonchev–Trinajstić information content (AvgIpc) is 2.21. The molecule has 1 rings (SSSR count). The van der Waals surface area contributed by atoms with E-state index >= 15 is 0 Å². The summed E-state index contributed by atoms with van der Waals surface area (Å²) >= 11 is 0. The van der Waals surface area contributed by atoms with Gasteiger partial charge in [-0.05, 0) is 12.8 Å². The van der Waals surface area contributed by atoms with Gasteiger partial charge in [-0.3, -0.25) is 0 Å². The van der Waals surface area contributed by atoms with E-state index in [1.807, 2.05) is 0 Å². The van der Waals surface area contributed by atoms with Crippen LogP contribution in [0.15, 0.2) is 0 Å². The largest absolute Gasteiger partial charge is 0.431 e. The maximum Gasteiger partial charge on any atom is 0.145 e. The Bertz CT molecular complexity index is 181. The summed E-state index contributed by atoms with van der Waals surface area (Å²) in [6.45, 7) is 8.13. The predicted molar refractivity (Wildman–Crippen MR) is 71.3 cm³/mol. The van der Waals surface area contributed by atoms with E-state index in [-0.39, 0.29) is 8.80 Å². The van der Waals surface area contributed by atoms with E-state index in [2.05, 4.69) is 13.5 Å². The third-order valence-electron chi connectivity index (χ3n) is 3.26. The molecular formula is C11H25O3Si2. The Balaban J connectivity index is 1.95. The second-order valence-corrected chi connectivity index (χ2v) is 8.17. The molecule has 0 saturated carbocycles. The van der Waals surface area contributed by atoms with E-state index in [0.29, 0.717) is 5.41 Å². The molecule has 1 aliphatic rings. The van der Waals surface area contributed by atoms with Crippen molar-refractivity contribution in [3.05, 3.63) is 0 Å². The Morgan fingerprint density at radius 3 is 2.69 bits per heavy atom. The van der Waals surface area contributed by atoms with E-state index in [9.17, 15) is 0 Å². The van der Waals surface area contributed by atoms with Crippen molar-refractivity contribution >= 4 is 19.3 Å². The summed E-state index contributed by atoms with van der Waals surface area (Å²) in [5.41, 5.74) is 0.345. The van der Waals surface area contributed by atoms with Crippen LogP contribution in [-0.2, 0) is 13.9 Å². The topological polar surface area (TPSA) is 27.7 Å². The van der Waals surface area contributed by atoms with Gasteiger partial charge in [0.05, 0.1) is 28.6 Å². The van der Waals surface area contributed by atoms with Gasteiger partial charge in [-0.2, -0.15) is 0 Å². The highest BCUT2D eigenvalue weighted by Gasteiger charge is 2.36. The van der Waals surface area contributed by atoms with E-state index < -0.39 is 0 Å². The van der Waals surface area contributed by atoms with Crippen LogP contribution in [-0.4, -0.2) is 51.9 Å². The van der Waals surface area contributed by atoms with Gasteiger partial charge in [-0.1, -0.05) is 19.5 Å². The molecule has 0 aromatic heterocycles. The van der Waals surface area contributed by atoms with E-state index in [1.54, 1.807) is 0 Å². The highest BCUT2D eigenvalue weighted by molar-refractivity contribution is 6.57. The fraction of sp³-hybridized carbons (Fsp3) is 1.00. The van der Waals surface area contributed by atoms with Crippen LogP contribution in [0.1, 0.15) is 19.8 Å². The van der Waals surface area contributed by atoms with Crippen molar-refractivity contribution < 1.29 is 13.9 Å². The zero-order valence-corrected chi connectivity index (χ0v) is 13.9. The maximum atomic E-state index is 5.76. The molecule has 1 fully saturated rings. The quantitative estimate of drug-likeness (QED) is 0.453. The summed E-state index contributed by atoms with van der Waals surface area (Å²) in [4.78, 5) is 0. The van der Waals surface area contributed by atoms with Crippen molar-refractivity contribution in [3.63, 3.8) is 0 Å². The van der Waals surface area contributed by atoms with Crippen LogP contribution in [0.5, 0.6) is 0 Å². The van der Waals surface area contributed by atoms with Crippen LogP contribution < -0.4 is 0 Å². The molecule has 0 unspecified atom stereocenters. The number of hydrogen-bond donors (Lipinski definition) is 0. The van der Waals surface area contributed by atoms with Gasteiger partial charge < -0.3 is 13.9 Å². The first-order valence-electron chi connectivity index (χ1n) is 6.18. The molecule has 95 valence electrons.